The van der Waals surface area contributed by atoms with Gasteiger partial charge >= 0.3 is 0 Å². The number of nitrogens with zero attached hydrogens (tertiary/aromatic N) is 1. The molecular weight excluding hydrogens is 143 g/mol. The van der Waals surface area contributed by atoms with E-state index in [0.29, 0.717) is 0 Å². The summed E-state index contributed by atoms with van der Waals surface area (Å²) in [5, 5.41) is 2.64. The minimum atomic E-state index is -0.386. The predicted octanol–water partition coefficient (Wildman–Crippen LogP) is 1.27. The topological polar surface area (TPSA) is 24.9 Å². The maximum absolute atomic E-state index is 12.7. The summed E-state index contributed by atoms with van der Waals surface area (Å²) >= 11 is 0. The normalized spacial score (nSPS) is 8.73. The van der Waals surface area contributed by atoms with Gasteiger partial charge in [-0.2, -0.15) is 0 Å². The molecule has 1 N–H and O–H groups in total. The third-order valence-corrected chi connectivity index (χ3v) is 1.12. The van der Waals surface area contributed by atoms with Crippen LogP contribution in [0.1, 0.15) is 0 Å². The number of nitrogens with one attached hydrogen (secondary N) is 1. The molecule has 1 rings (SSSR count). The van der Waals surface area contributed by atoms with Crippen LogP contribution in [-0.2, 0) is 0 Å². The average molecular weight is 150 g/mol. The minimum Gasteiger partial charge on any atom is -0.357 e. The van der Waals surface area contributed by atoms with Crippen molar-refractivity contribution in [3.8, 4) is 12.3 Å². The Kier molecular flexibility index (Phi) is 2.45. The highest BCUT2D eigenvalue weighted by molar-refractivity contribution is 5.36. The van der Waals surface area contributed by atoms with E-state index in [1.807, 2.05) is 0 Å². The first-order valence-electron chi connectivity index (χ1n) is 3.12. The van der Waals surface area contributed by atoms with Gasteiger partial charge in [0.2, 0.25) is 0 Å². The van der Waals surface area contributed by atoms with Crippen LogP contribution in [0.25, 0.3) is 0 Å². The lowest BCUT2D eigenvalue weighted by atomic mass is 10.4. The van der Waals surface area contributed by atoms with Gasteiger partial charge < -0.3 is 5.32 Å². The zero-order valence-electron chi connectivity index (χ0n) is 5.84. The van der Waals surface area contributed by atoms with Crippen molar-refractivity contribution in [2.45, 2.75) is 0 Å². The van der Waals surface area contributed by atoms with Crippen molar-refractivity contribution in [1.82, 2.24) is 4.98 Å². The van der Waals surface area contributed by atoms with E-state index in [9.17, 15) is 4.39 Å². The molecule has 0 aromatic carbocycles. The highest BCUT2D eigenvalue weighted by atomic mass is 19.1. The number of hydrogen-bond donors (Lipinski definition) is 1. The molecule has 3 heteroatoms. The fourth-order valence-electron chi connectivity index (χ4n) is 0.651. The molecular formula is C8H7FN2. The Hall–Kier alpha value is -1.56. The largest absolute Gasteiger partial charge is 0.357 e. The Labute approximate surface area is 64.5 Å². The van der Waals surface area contributed by atoms with Gasteiger partial charge in [0, 0.05) is 6.20 Å². The van der Waals surface area contributed by atoms with Crippen molar-refractivity contribution in [2.24, 2.45) is 0 Å². The van der Waals surface area contributed by atoms with Gasteiger partial charge in [-0.3, -0.25) is 0 Å². The molecule has 0 spiro atoms. The molecule has 1 heterocycles. The monoisotopic (exact) mass is 150 g/mol. The van der Waals surface area contributed by atoms with Crippen LogP contribution in [0.4, 0.5) is 10.2 Å². The third-order valence-electron chi connectivity index (χ3n) is 1.12. The number of hydrogen-bond acceptors (Lipinski definition) is 2. The Morgan fingerprint density at radius 2 is 2.55 bits per heavy atom. The third kappa shape index (κ3) is 1.94. The van der Waals surface area contributed by atoms with Gasteiger partial charge in [0.1, 0.15) is 0 Å². The summed E-state index contributed by atoms with van der Waals surface area (Å²) in [6.07, 6.45) is 6.47. The quantitative estimate of drug-likeness (QED) is 0.642. The maximum Gasteiger partial charge on any atom is 0.165 e. The van der Waals surface area contributed by atoms with E-state index in [-0.39, 0.29) is 18.2 Å². The van der Waals surface area contributed by atoms with Crippen molar-refractivity contribution >= 4 is 5.82 Å². The molecule has 0 bridgehead atoms. The lowest BCUT2D eigenvalue weighted by molar-refractivity contribution is 0.625. The number of rotatable bonds is 2. The first-order valence-corrected chi connectivity index (χ1v) is 3.12. The second kappa shape index (κ2) is 3.57. The molecule has 56 valence electrons. The van der Waals surface area contributed by atoms with Gasteiger partial charge in [-0.15, -0.1) is 6.42 Å². The molecule has 2 nitrogen and oxygen atoms in total. The molecule has 0 saturated heterocycles. The SMILES string of the molecule is C#CCNc1ncccc1F. The Bertz CT molecular complexity index is 278. The molecule has 0 aliphatic heterocycles. The summed E-state index contributed by atoms with van der Waals surface area (Å²) in [6, 6.07) is 2.85. The Balaban J connectivity index is 2.71. The average Bonchev–Trinajstić information content (AvgIpc) is 2.03. The Morgan fingerprint density at radius 1 is 1.73 bits per heavy atom. The van der Waals surface area contributed by atoms with Crippen LogP contribution < -0.4 is 5.32 Å². The van der Waals surface area contributed by atoms with Gasteiger partial charge in [-0.1, -0.05) is 5.92 Å². The van der Waals surface area contributed by atoms with Crippen LogP contribution in [0.3, 0.4) is 0 Å². The van der Waals surface area contributed by atoms with Crippen LogP contribution >= 0.6 is 0 Å². The van der Waals surface area contributed by atoms with E-state index < -0.39 is 0 Å². The van der Waals surface area contributed by atoms with Gasteiger partial charge in [0.15, 0.2) is 11.6 Å². The smallest absolute Gasteiger partial charge is 0.165 e. The van der Waals surface area contributed by atoms with Gasteiger partial charge in [-0.05, 0) is 12.1 Å². The number of pyridine rings is 1. The highest BCUT2D eigenvalue weighted by Crippen LogP contribution is 2.06. The van der Waals surface area contributed by atoms with Crippen molar-refractivity contribution in [3.63, 3.8) is 0 Å². The second-order valence-electron chi connectivity index (χ2n) is 1.89. The lowest BCUT2D eigenvalue weighted by Gasteiger charge is -2.00. The summed E-state index contributed by atoms with van der Waals surface area (Å²) in [6.45, 7) is 0.286. The molecule has 0 saturated carbocycles. The molecule has 1 aromatic rings. The van der Waals surface area contributed by atoms with Crippen molar-refractivity contribution in [1.29, 1.82) is 0 Å². The molecule has 0 radical (unpaired) electrons. The zero-order valence-corrected chi connectivity index (χ0v) is 5.84. The van der Waals surface area contributed by atoms with Crippen molar-refractivity contribution < 1.29 is 4.39 Å². The molecule has 0 atom stereocenters. The summed E-state index contributed by atoms with van der Waals surface area (Å²) in [7, 11) is 0. The van der Waals surface area contributed by atoms with Crippen molar-refractivity contribution in [3.05, 3.63) is 24.1 Å². The number of halogens is 1. The molecule has 0 fully saturated rings. The summed E-state index contributed by atoms with van der Waals surface area (Å²) in [5.41, 5.74) is 0. The fraction of sp³-hybridized carbons (Fsp3) is 0.125. The molecule has 0 aliphatic rings. The fourth-order valence-corrected chi connectivity index (χ4v) is 0.651. The summed E-state index contributed by atoms with van der Waals surface area (Å²) in [5.74, 6) is 2.14. The van der Waals surface area contributed by atoms with Gasteiger partial charge in [0.25, 0.3) is 0 Å². The maximum atomic E-state index is 12.7. The van der Waals surface area contributed by atoms with E-state index in [1.54, 1.807) is 0 Å². The number of anilines is 1. The molecule has 0 aliphatic carbocycles. The minimum absolute atomic E-state index is 0.199. The van der Waals surface area contributed by atoms with Crippen LogP contribution in [0, 0.1) is 18.2 Å². The number of aromatic nitrogens is 1. The predicted molar refractivity (Wildman–Crippen MR) is 41.5 cm³/mol. The summed E-state index contributed by atoms with van der Waals surface area (Å²) < 4.78 is 12.7. The molecule has 0 amide bonds. The first kappa shape index (κ1) is 7.55. The lowest BCUT2D eigenvalue weighted by Crippen LogP contribution is -2.02. The molecule has 1 aromatic heterocycles. The summed E-state index contributed by atoms with van der Waals surface area (Å²) in [4.78, 5) is 3.73. The standard InChI is InChI=1S/C8H7FN2/c1-2-5-10-8-7(9)4-3-6-11-8/h1,3-4,6H,5H2,(H,10,11). The number of terminal acetylenes is 1. The first-order chi connectivity index (χ1) is 5.34. The second-order valence-corrected chi connectivity index (χ2v) is 1.89. The van der Waals surface area contributed by atoms with Crippen LogP contribution in [0.2, 0.25) is 0 Å². The van der Waals surface area contributed by atoms with E-state index in [4.69, 9.17) is 6.42 Å². The van der Waals surface area contributed by atoms with Crippen LogP contribution in [0.5, 0.6) is 0 Å². The van der Waals surface area contributed by atoms with Gasteiger partial charge in [0.05, 0.1) is 6.54 Å². The molecule has 11 heavy (non-hydrogen) atoms. The van der Waals surface area contributed by atoms with E-state index >= 15 is 0 Å². The van der Waals surface area contributed by atoms with E-state index in [2.05, 4.69) is 16.2 Å². The van der Waals surface area contributed by atoms with E-state index in [0.717, 1.165) is 0 Å². The highest BCUT2D eigenvalue weighted by Gasteiger charge is 1.97. The van der Waals surface area contributed by atoms with Crippen molar-refractivity contribution in [2.75, 3.05) is 11.9 Å². The zero-order chi connectivity index (χ0) is 8.10. The molecule has 0 unspecified atom stereocenters. The van der Waals surface area contributed by atoms with Crippen LogP contribution in [-0.4, -0.2) is 11.5 Å². The van der Waals surface area contributed by atoms with Crippen LogP contribution in [0.15, 0.2) is 18.3 Å². The Morgan fingerprint density at radius 3 is 3.18 bits per heavy atom. The van der Waals surface area contributed by atoms with E-state index in [1.165, 1.54) is 18.3 Å². The van der Waals surface area contributed by atoms with Gasteiger partial charge in [-0.25, -0.2) is 9.37 Å².